The molecule has 0 radical (unpaired) electrons. The third-order valence-corrected chi connectivity index (χ3v) is 5.59. The van der Waals surface area contributed by atoms with Gasteiger partial charge in [-0.2, -0.15) is 5.10 Å². The summed E-state index contributed by atoms with van der Waals surface area (Å²) >= 11 is 3.61. The Balaban J connectivity index is 1.47. The van der Waals surface area contributed by atoms with E-state index in [-0.39, 0.29) is 5.76 Å². The second-order valence-corrected chi connectivity index (χ2v) is 8.46. The molecule has 1 heterocycles. The Morgan fingerprint density at radius 3 is 2.79 bits per heavy atom. The number of nitrogens with zero attached hydrogens (tertiary/aromatic N) is 1. The van der Waals surface area contributed by atoms with Crippen molar-refractivity contribution < 1.29 is 13.9 Å². The van der Waals surface area contributed by atoms with Crippen LogP contribution in [0, 0.1) is 6.92 Å². The van der Waals surface area contributed by atoms with Gasteiger partial charge in [0.15, 0.2) is 5.76 Å². The Morgan fingerprint density at radius 1 is 1.15 bits per heavy atom. The second-order valence-electron chi connectivity index (χ2n) is 7.61. The van der Waals surface area contributed by atoms with Crippen molar-refractivity contribution in [2.24, 2.45) is 5.10 Å². The molecule has 5 nitrogen and oxygen atoms in total. The Morgan fingerprint density at radius 2 is 2.00 bits per heavy atom. The minimum absolute atomic E-state index is 0.210. The standard InChI is InChI=1S/C27H23BrN2O3/c1-3-7-22-13-20(14-23(28)26(22)32-17-19-9-6-8-18(2)12-19)16-29-30-27(31)25-15-21-10-4-5-11-24(21)33-25/h3-6,8-16H,1,7,17H2,2H3,(H,30,31)/b29-16+. The van der Waals surface area contributed by atoms with E-state index in [9.17, 15) is 4.79 Å². The molecule has 0 aliphatic heterocycles. The van der Waals surface area contributed by atoms with Crippen LogP contribution in [0.4, 0.5) is 0 Å². The molecule has 33 heavy (non-hydrogen) atoms. The number of carbonyl (C=O) groups excluding carboxylic acids is 1. The fourth-order valence-corrected chi connectivity index (χ4v) is 4.12. The van der Waals surface area contributed by atoms with Crippen molar-refractivity contribution in [3.05, 3.63) is 112 Å². The summed E-state index contributed by atoms with van der Waals surface area (Å²) in [6.07, 6.45) is 4.04. The topological polar surface area (TPSA) is 63.8 Å². The number of nitrogens with one attached hydrogen (secondary N) is 1. The van der Waals surface area contributed by atoms with E-state index in [1.807, 2.05) is 54.6 Å². The summed E-state index contributed by atoms with van der Waals surface area (Å²) in [6, 6.07) is 21.2. The zero-order chi connectivity index (χ0) is 23.2. The highest BCUT2D eigenvalue weighted by molar-refractivity contribution is 9.10. The minimum atomic E-state index is -0.411. The molecule has 0 fully saturated rings. The van der Waals surface area contributed by atoms with Gasteiger partial charge in [-0.05, 0) is 70.2 Å². The smallest absolute Gasteiger partial charge is 0.307 e. The fourth-order valence-electron chi connectivity index (χ4n) is 3.49. The van der Waals surface area contributed by atoms with Gasteiger partial charge in [0.05, 0.1) is 10.7 Å². The van der Waals surface area contributed by atoms with Crippen molar-refractivity contribution in [1.29, 1.82) is 0 Å². The third-order valence-electron chi connectivity index (χ3n) is 5.00. The summed E-state index contributed by atoms with van der Waals surface area (Å²) in [4.78, 5) is 12.4. The second kappa shape index (κ2) is 10.3. The van der Waals surface area contributed by atoms with Gasteiger partial charge < -0.3 is 9.15 Å². The molecule has 166 valence electrons. The van der Waals surface area contributed by atoms with Crippen molar-refractivity contribution in [2.45, 2.75) is 20.0 Å². The van der Waals surface area contributed by atoms with Crippen LogP contribution in [0.5, 0.6) is 5.75 Å². The molecule has 4 aromatic rings. The Labute approximate surface area is 200 Å². The van der Waals surface area contributed by atoms with Crippen molar-refractivity contribution in [1.82, 2.24) is 5.43 Å². The van der Waals surface area contributed by atoms with Gasteiger partial charge in [0.25, 0.3) is 0 Å². The molecule has 0 aliphatic carbocycles. The molecule has 0 spiro atoms. The number of amides is 1. The first-order valence-corrected chi connectivity index (χ1v) is 11.3. The highest BCUT2D eigenvalue weighted by Gasteiger charge is 2.12. The van der Waals surface area contributed by atoms with E-state index in [0.717, 1.165) is 32.3 Å². The Hall–Kier alpha value is -3.64. The zero-order valence-corrected chi connectivity index (χ0v) is 19.8. The van der Waals surface area contributed by atoms with Gasteiger partial charge in [-0.25, -0.2) is 5.43 Å². The van der Waals surface area contributed by atoms with Gasteiger partial charge in [0, 0.05) is 5.39 Å². The van der Waals surface area contributed by atoms with Crippen LogP contribution < -0.4 is 10.2 Å². The van der Waals surface area contributed by atoms with Gasteiger partial charge in [0.1, 0.15) is 17.9 Å². The van der Waals surface area contributed by atoms with Crippen molar-refractivity contribution in [2.75, 3.05) is 0 Å². The average Bonchev–Trinajstić information content (AvgIpc) is 3.23. The summed E-state index contributed by atoms with van der Waals surface area (Å²) < 4.78 is 12.5. The van der Waals surface area contributed by atoms with Gasteiger partial charge >= 0.3 is 5.91 Å². The van der Waals surface area contributed by atoms with Crippen LogP contribution in [-0.2, 0) is 13.0 Å². The Bertz CT molecular complexity index is 1310. The average molecular weight is 503 g/mol. The number of carbonyl (C=O) groups is 1. The predicted molar refractivity (Wildman–Crippen MR) is 135 cm³/mol. The van der Waals surface area contributed by atoms with E-state index >= 15 is 0 Å². The van der Waals surface area contributed by atoms with Gasteiger partial charge in [-0.3, -0.25) is 4.79 Å². The Kier molecular flexibility index (Phi) is 7.05. The van der Waals surface area contributed by atoms with Crippen LogP contribution in [0.25, 0.3) is 11.0 Å². The van der Waals surface area contributed by atoms with Crippen LogP contribution in [0.3, 0.4) is 0 Å². The van der Waals surface area contributed by atoms with Gasteiger partial charge in [0.2, 0.25) is 0 Å². The first-order valence-electron chi connectivity index (χ1n) is 10.5. The number of hydrogen-bond donors (Lipinski definition) is 1. The molecule has 0 aliphatic rings. The summed E-state index contributed by atoms with van der Waals surface area (Å²) in [5.41, 5.74) is 7.25. The van der Waals surface area contributed by atoms with E-state index in [1.165, 1.54) is 5.56 Å². The van der Waals surface area contributed by atoms with E-state index in [4.69, 9.17) is 9.15 Å². The van der Waals surface area contributed by atoms with Crippen LogP contribution in [0.2, 0.25) is 0 Å². The monoisotopic (exact) mass is 502 g/mol. The molecule has 3 aromatic carbocycles. The molecule has 1 N–H and O–H groups in total. The number of fused-ring (bicyclic) bond motifs is 1. The maximum Gasteiger partial charge on any atom is 0.307 e. The number of hydrazone groups is 1. The molecule has 0 saturated heterocycles. The van der Waals surface area contributed by atoms with Crippen LogP contribution in [-0.4, -0.2) is 12.1 Å². The summed E-state index contributed by atoms with van der Waals surface area (Å²) in [5, 5.41) is 4.96. The molecule has 1 aromatic heterocycles. The quantitative estimate of drug-likeness (QED) is 0.168. The van der Waals surface area contributed by atoms with Crippen molar-refractivity contribution in [3.8, 4) is 5.75 Å². The van der Waals surface area contributed by atoms with Crippen LogP contribution in [0.1, 0.15) is 32.8 Å². The maximum atomic E-state index is 12.4. The van der Waals surface area contributed by atoms with E-state index in [2.05, 4.69) is 52.1 Å². The van der Waals surface area contributed by atoms with Crippen molar-refractivity contribution in [3.63, 3.8) is 0 Å². The summed E-state index contributed by atoms with van der Waals surface area (Å²) in [5.74, 6) is 0.563. The molecule has 1 amide bonds. The number of para-hydroxylation sites is 1. The third kappa shape index (κ3) is 5.59. The van der Waals surface area contributed by atoms with Gasteiger partial charge in [-0.15, -0.1) is 6.58 Å². The van der Waals surface area contributed by atoms with Crippen molar-refractivity contribution >= 4 is 39.0 Å². The highest BCUT2D eigenvalue weighted by atomic mass is 79.9. The predicted octanol–water partition coefficient (Wildman–Crippen LogP) is 6.58. The maximum absolute atomic E-state index is 12.4. The first kappa shape index (κ1) is 22.6. The fraction of sp³-hybridized carbons (Fsp3) is 0.111. The molecule has 0 bridgehead atoms. The van der Waals surface area contributed by atoms with E-state index in [0.29, 0.717) is 18.6 Å². The number of hydrogen-bond acceptors (Lipinski definition) is 4. The molecule has 0 unspecified atom stereocenters. The lowest BCUT2D eigenvalue weighted by Crippen LogP contribution is -2.16. The number of rotatable bonds is 8. The number of allylic oxidation sites excluding steroid dienone is 1. The van der Waals surface area contributed by atoms with Crippen LogP contribution >= 0.6 is 15.9 Å². The number of halogens is 1. The van der Waals surface area contributed by atoms with E-state index < -0.39 is 5.91 Å². The zero-order valence-electron chi connectivity index (χ0n) is 18.2. The number of furan rings is 1. The normalized spacial score (nSPS) is 11.1. The van der Waals surface area contributed by atoms with Gasteiger partial charge in [-0.1, -0.05) is 54.1 Å². The van der Waals surface area contributed by atoms with E-state index in [1.54, 1.807) is 12.3 Å². The molecule has 4 rings (SSSR count). The summed E-state index contributed by atoms with van der Waals surface area (Å²) in [7, 11) is 0. The number of benzene rings is 3. The number of ether oxygens (including phenoxy) is 1. The lowest BCUT2D eigenvalue weighted by atomic mass is 10.1. The molecular weight excluding hydrogens is 480 g/mol. The molecule has 6 heteroatoms. The molecule has 0 saturated carbocycles. The SMILES string of the molecule is C=CCc1cc(/C=N/NC(=O)c2cc3ccccc3o2)cc(Br)c1OCc1cccc(C)c1. The summed E-state index contributed by atoms with van der Waals surface area (Å²) in [6.45, 7) is 6.37. The minimum Gasteiger partial charge on any atom is -0.487 e. The van der Waals surface area contributed by atoms with Crippen LogP contribution in [0.15, 0.2) is 93.4 Å². The lowest BCUT2D eigenvalue weighted by Gasteiger charge is -2.14. The largest absolute Gasteiger partial charge is 0.487 e. The first-order chi connectivity index (χ1) is 16.0. The molecule has 0 atom stereocenters. The molecular formula is C27H23BrN2O3. The highest BCUT2D eigenvalue weighted by Crippen LogP contribution is 2.32. The lowest BCUT2D eigenvalue weighted by molar-refractivity contribution is 0.0929. The number of aryl methyl sites for hydroxylation is 1.